The van der Waals surface area contributed by atoms with Crippen molar-refractivity contribution in [2.45, 2.75) is 23.7 Å². The predicted molar refractivity (Wildman–Crippen MR) is 83.7 cm³/mol. The Kier molecular flexibility index (Phi) is 5.05. The molecule has 0 atom stereocenters. The molecule has 0 aromatic heterocycles. The van der Waals surface area contributed by atoms with Crippen molar-refractivity contribution in [1.29, 1.82) is 0 Å². The Morgan fingerprint density at radius 3 is 2.38 bits per heavy atom. The number of alkyl halides is 3. The van der Waals surface area contributed by atoms with Gasteiger partial charge in [0.2, 0.25) is 0 Å². The third kappa shape index (κ3) is 4.15. The van der Waals surface area contributed by atoms with Crippen LogP contribution in [-0.4, -0.2) is 13.7 Å². The number of carbonyl (C=O) groups is 1. The Morgan fingerprint density at radius 1 is 1.12 bits per heavy atom. The molecule has 0 N–H and O–H groups in total. The Labute approximate surface area is 142 Å². The summed E-state index contributed by atoms with van der Waals surface area (Å²) in [4.78, 5) is 11.2. The zero-order chi connectivity index (χ0) is 18.1. The van der Waals surface area contributed by atoms with Crippen LogP contribution in [0.2, 0.25) is 0 Å². The first-order valence-electron chi connectivity index (χ1n) is 6.70. The monoisotopic (exact) mass is 376 g/mol. The van der Waals surface area contributed by atoms with Gasteiger partial charge >= 0.3 is 6.18 Å². The maximum absolute atomic E-state index is 12.7. The van der Waals surface area contributed by atoms with Gasteiger partial charge in [-0.05, 0) is 42.3 Å². The molecule has 0 heterocycles. The first-order valence-corrected chi connectivity index (χ1v) is 8.73. The Bertz CT molecular complexity index is 890. The number of rotatable bonds is 4. The number of sulfone groups is 1. The summed E-state index contributed by atoms with van der Waals surface area (Å²) >= 11 is 5.42. The second-order valence-corrected chi connectivity index (χ2v) is 7.53. The van der Waals surface area contributed by atoms with Crippen LogP contribution in [0, 0.1) is 6.92 Å². The minimum atomic E-state index is -4.57. The van der Waals surface area contributed by atoms with Gasteiger partial charge in [0.15, 0.2) is 9.84 Å². The molecule has 0 aliphatic heterocycles. The second kappa shape index (κ2) is 6.57. The SMILES string of the molecule is Cc1ccc(S(=O)(=O)Cc2cccc(C(F)(F)F)c2)c(C(=O)Cl)c1. The van der Waals surface area contributed by atoms with Crippen LogP contribution in [0.1, 0.15) is 27.0 Å². The van der Waals surface area contributed by atoms with E-state index in [0.717, 1.165) is 18.2 Å². The Balaban J connectivity index is 2.45. The van der Waals surface area contributed by atoms with Gasteiger partial charge in [-0.2, -0.15) is 13.2 Å². The fourth-order valence-corrected chi connectivity index (χ4v) is 3.95. The minimum absolute atomic E-state index is 0.0293. The van der Waals surface area contributed by atoms with E-state index in [0.29, 0.717) is 5.56 Å². The van der Waals surface area contributed by atoms with Gasteiger partial charge in [-0.3, -0.25) is 4.79 Å². The minimum Gasteiger partial charge on any atom is -0.276 e. The lowest BCUT2D eigenvalue weighted by Crippen LogP contribution is -2.11. The van der Waals surface area contributed by atoms with Crippen LogP contribution in [0.4, 0.5) is 13.2 Å². The second-order valence-electron chi connectivity index (χ2n) is 5.23. The molecule has 2 aromatic rings. The maximum Gasteiger partial charge on any atom is 0.416 e. The molecule has 24 heavy (non-hydrogen) atoms. The number of carbonyl (C=O) groups excluding carboxylic acids is 1. The average molecular weight is 377 g/mol. The Hall–Kier alpha value is -1.86. The molecule has 0 unspecified atom stereocenters. The molecule has 0 saturated carbocycles. The van der Waals surface area contributed by atoms with Gasteiger partial charge in [0, 0.05) is 0 Å². The van der Waals surface area contributed by atoms with Crippen molar-refractivity contribution in [2.24, 2.45) is 0 Å². The highest BCUT2D eigenvalue weighted by atomic mass is 35.5. The molecule has 0 radical (unpaired) electrons. The van der Waals surface area contributed by atoms with Gasteiger partial charge in [-0.25, -0.2) is 8.42 Å². The number of benzene rings is 2. The van der Waals surface area contributed by atoms with Gasteiger partial charge in [0.05, 0.1) is 21.8 Å². The molecular weight excluding hydrogens is 365 g/mol. The normalized spacial score (nSPS) is 12.2. The van der Waals surface area contributed by atoms with Gasteiger partial charge in [-0.15, -0.1) is 0 Å². The summed E-state index contributed by atoms with van der Waals surface area (Å²) < 4.78 is 63.2. The van der Waals surface area contributed by atoms with Gasteiger partial charge in [0.25, 0.3) is 5.24 Å². The van der Waals surface area contributed by atoms with Crippen molar-refractivity contribution in [2.75, 3.05) is 0 Å². The molecule has 0 amide bonds. The first kappa shape index (κ1) is 18.5. The summed E-state index contributed by atoms with van der Waals surface area (Å²) in [6.45, 7) is 1.66. The fraction of sp³-hybridized carbons (Fsp3) is 0.188. The summed E-state index contributed by atoms with van der Waals surface area (Å²) in [7, 11) is -4.04. The highest BCUT2D eigenvalue weighted by molar-refractivity contribution is 7.90. The zero-order valence-electron chi connectivity index (χ0n) is 12.4. The molecular formula is C16H12ClF3O3S. The average Bonchev–Trinajstić information content (AvgIpc) is 2.45. The van der Waals surface area contributed by atoms with E-state index < -0.39 is 32.6 Å². The van der Waals surface area contributed by atoms with Crippen LogP contribution in [0.5, 0.6) is 0 Å². The van der Waals surface area contributed by atoms with E-state index in [-0.39, 0.29) is 16.0 Å². The molecule has 8 heteroatoms. The molecule has 0 bridgehead atoms. The van der Waals surface area contributed by atoms with Crippen LogP contribution in [-0.2, 0) is 21.8 Å². The van der Waals surface area contributed by atoms with Crippen molar-refractivity contribution >= 4 is 26.7 Å². The lowest BCUT2D eigenvalue weighted by molar-refractivity contribution is -0.137. The number of aryl methyl sites for hydroxylation is 1. The molecule has 0 spiro atoms. The molecule has 128 valence electrons. The van der Waals surface area contributed by atoms with Crippen LogP contribution in [0.3, 0.4) is 0 Å². The zero-order valence-corrected chi connectivity index (χ0v) is 14.0. The molecule has 3 nitrogen and oxygen atoms in total. The molecule has 2 aromatic carbocycles. The van der Waals surface area contributed by atoms with E-state index in [1.165, 1.54) is 24.3 Å². The topological polar surface area (TPSA) is 51.2 Å². The number of hydrogen-bond donors (Lipinski definition) is 0. The summed E-state index contributed by atoms with van der Waals surface area (Å²) in [5.41, 5.74) is -0.521. The molecule has 0 fully saturated rings. The van der Waals surface area contributed by atoms with Crippen LogP contribution >= 0.6 is 11.6 Å². The van der Waals surface area contributed by atoms with Crippen molar-refractivity contribution in [1.82, 2.24) is 0 Å². The fourth-order valence-electron chi connectivity index (χ4n) is 2.20. The third-order valence-corrected chi connectivity index (χ3v) is 5.24. The van der Waals surface area contributed by atoms with Gasteiger partial charge in [0.1, 0.15) is 0 Å². The standard InChI is InChI=1S/C16H12ClF3O3S/c1-10-5-6-14(13(7-10)15(17)21)24(22,23)9-11-3-2-4-12(8-11)16(18,19)20/h2-8H,9H2,1H3. The van der Waals surface area contributed by atoms with Crippen molar-refractivity contribution in [3.05, 3.63) is 64.7 Å². The van der Waals surface area contributed by atoms with E-state index in [4.69, 9.17) is 11.6 Å². The lowest BCUT2D eigenvalue weighted by atomic mass is 10.1. The highest BCUT2D eigenvalue weighted by Gasteiger charge is 2.31. The highest BCUT2D eigenvalue weighted by Crippen LogP contribution is 2.30. The summed E-state index contributed by atoms with van der Waals surface area (Å²) in [6.07, 6.45) is -4.57. The Morgan fingerprint density at radius 2 is 1.79 bits per heavy atom. The smallest absolute Gasteiger partial charge is 0.276 e. The summed E-state index contributed by atoms with van der Waals surface area (Å²) in [5, 5.41) is -0.943. The molecule has 0 aliphatic carbocycles. The molecule has 0 aliphatic rings. The van der Waals surface area contributed by atoms with Crippen LogP contribution in [0.15, 0.2) is 47.4 Å². The van der Waals surface area contributed by atoms with Crippen molar-refractivity contribution < 1.29 is 26.4 Å². The largest absolute Gasteiger partial charge is 0.416 e. The number of halogens is 4. The first-order chi connectivity index (χ1) is 11.0. The van der Waals surface area contributed by atoms with Crippen LogP contribution < -0.4 is 0 Å². The number of hydrogen-bond acceptors (Lipinski definition) is 3. The maximum atomic E-state index is 12.7. The van der Waals surface area contributed by atoms with Gasteiger partial charge < -0.3 is 0 Å². The van der Waals surface area contributed by atoms with E-state index in [1.54, 1.807) is 6.92 Å². The molecule has 0 saturated heterocycles. The third-order valence-electron chi connectivity index (χ3n) is 3.29. The summed E-state index contributed by atoms with van der Waals surface area (Å²) in [5.74, 6) is -0.669. The summed E-state index contributed by atoms with van der Waals surface area (Å²) in [6, 6.07) is 8.09. The van der Waals surface area contributed by atoms with Crippen molar-refractivity contribution in [3.63, 3.8) is 0 Å². The van der Waals surface area contributed by atoms with Crippen molar-refractivity contribution in [3.8, 4) is 0 Å². The van der Waals surface area contributed by atoms with E-state index in [1.807, 2.05) is 0 Å². The predicted octanol–water partition coefficient (Wildman–Crippen LogP) is 4.37. The molecule has 2 rings (SSSR count). The van der Waals surface area contributed by atoms with Crippen LogP contribution in [0.25, 0.3) is 0 Å². The van der Waals surface area contributed by atoms with E-state index in [2.05, 4.69) is 0 Å². The van der Waals surface area contributed by atoms with E-state index >= 15 is 0 Å². The quantitative estimate of drug-likeness (QED) is 0.745. The van der Waals surface area contributed by atoms with E-state index in [9.17, 15) is 26.4 Å². The van der Waals surface area contributed by atoms with Gasteiger partial charge in [-0.1, -0.05) is 29.8 Å². The lowest BCUT2D eigenvalue weighted by Gasteiger charge is -2.11.